The Morgan fingerprint density at radius 3 is 2.24 bits per heavy atom. The second-order valence-corrected chi connectivity index (χ2v) is 10.0. The fraction of sp³-hybridized carbons (Fsp3) is 0.375. The van der Waals surface area contributed by atoms with Crippen molar-refractivity contribution < 1.29 is 18.6 Å². The number of nitrogens with one attached hydrogen (secondary N) is 2. The van der Waals surface area contributed by atoms with Gasteiger partial charge >= 0.3 is 0 Å². The highest BCUT2D eigenvalue weighted by Crippen LogP contribution is 2.20. The summed E-state index contributed by atoms with van der Waals surface area (Å²) in [5.41, 5.74) is 2.13. The average molecular weight is 490 g/mol. The highest BCUT2D eigenvalue weighted by molar-refractivity contribution is 7.86. The Balaban J connectivity index is 1.61. The zero-order chi connectivity index (χ0) is 23.8. The van der Waals surface area contributed by atoms with Crippen LogP contribution in [0.3, 0.4) is 0 Å². The van der Waals surface area contributed by atoms with Gasteiger partial charge in [0.1, 0.15) is 18.1 Å². The van der Waals surface area contributed by atoms with E-state index in [0.717, 1.165) is 31.2 Å². The molecule has 176 valence electrons. The van der Waals surface area contributed by atoms with Gasteiger partial charge in [-0.3, -0.25) is 18.6 Å². The Morgan fingerprint density at radius 1 is 0.970 bits per heavy atom. The van der Waals surface area contributed by atoms with Crippen LogP contribution < -0.4 is 15.5 Å². The van der Waals surface area contributed by atoms with Crippen LogP contribution in [0.2, 0.25) is 5.02 Å². The van der Waals surface area contributed by atoms with Crippen molar-refractivity contribution in [3.63, 3.8) is 0 Å². The van der Waals surface area contributed by atoms with E-state index in [-0.39, 0.29) is 30.0 Å². The van der Waals surface area contributed by atoms with Crippen molar-refractivity contribution in [2.45, 2.75) is 38.6 Å². The first-order valence-electron chi connectivity index (χ1n) is 10.9. The summed E-state index contributed by atoms with van der Waals surface area (Å²) in [5.74, 6) is -1.90. The van der Waals surface area contributed by atoms with Crippen LogP contribution in [0.4, 0.5) is 11.4 Å². The molecule has 0 bridgehead atoms. The van der Waals surface area contributed by atoms with Crippen molar-refractivity contribution in [3.05, 3.63) is 59.1 Å². The Morgan fingerprint density at radius 2 is 1.61 bits per heavy atom. The summed E-state index contributed by atoms with van der Waals surface area (Å²) in [6, 6.07) is 13.9. The number of benzene rings is 2. The summed E-state index contributed by atoms with van der Waals surface area (Å²) in [4.78, 5) is 39.1. The first kappa shape index (κ1) is 24.9. The van der Waals surface area contributed by atoms with E-state index in [1.54, 1.807) is 36.4 Å². The first-order chi connectivity index (χ1) is 15.8. The Kier molecular flexibility index (Phi) is 9.03. The first-order valence-corrected chi connectivity index (χ1v) is 12.7. The standard InChI is InChI=1S/C24H28ClN3O4S/c1-17-6-10-20(11-7-17)27-23(30)15-33(32)16-24(31)28(21-12-8-18(25)9-13-21)14-22(29)26-19-4-2-3-5-19/h6-13,19H,2-5,14-16H2,1H3,(H,26,29)(H,27,30). The van der Waals surface area contributed by atoms with E-state index in [1.165, 1.54) is 4.90 Å². The van der Waals surface area contributed by atoms with Crippen LogP contribution in [-0.2, 0) is 25.2 Å². The molecule has 1 aliphatic rings. The molecule has 2 aromatic carbocycles. The summed E-state index contributed by atoms with van der Waals surface area (Å²) in [7, 11) is -1.74. The molecule has 1 aliphatic carbocycles. The van der Waals surface area contributed by atoms with Gasteiger partial charge in [-0.1, -0.05) is 42.1 Å². The van der Waals surface area contributed by atoms with Crippen LogP contribution in [0.5, 0.6) is 0 Å². The van der Waals surface area contributed by atoms with Crippen LogP contribution in [-0.4, -0.2) is 46.0 Å². The fourth-order valence-electron chi connectivity index (χ4n) is 3.68. The minimum absolute atomic E-state index is 0.124. The molecule has 7 nitrogen and oxygen atoms in total. The van der Waals surface area contributed by atoms with Crippen molar-refractivity contribution in [1.29, 1.82) is 0 Å². The predicted molar refractivity (Wildman–Crippen MR) is 132 cm³/mol. The SMILES string of the molecule is Cc1ccc(NC(=O)CS(=O)CC(=O)N(CC(=O)NC2CCCC2)c2ccc(Cl)cc2)cc1. The zero-order valence-electron chi connectivity index (χ0n) is 18.5. The molecule has 9 heteroatoms. The van der Waals surface area contributed by atoms with Gasteiger partial charge < -0.3 is 15.5 Å². The Labute approximate surface area is 201 Å². The van der Waals surface area contributed by atoms with Gasteiger partial charge in [-0.2, -0.15) is 0 Å². The van der Waals surface area contributed by atoms with Crippen molar-refractivity contribution in [3.8, 4) is 0 Å². The number of hydrogen-bond acceptors (Lipinski definition) is 4. The van der Waals surface area contributed by atoms with Crippen LogP contribution in [0.1, 0.15) is 31.2 Å². The molecule has 0 aromatic heterocycles. The minimum atomic E-state index is -1.74. The normalized spacial score (nSPS) is 14.5. The molecule has 1 unspecified atom stereocenters. The average Bonchev–Trinajstić information content (AvgIpc) is 3.27. The number of nitrogens with zero attached hydrogens (tertiary/aromatic N) is 1. The van der Waals surface area contributed by atoms with E-state index in [4.69, 9.17) is 11.6 Å². The lowest BCUT2D eigenvalue weighted by atomic mass is 10.2. The van der Waals surface area contributed by atoms with Gasteiger partial charge in [0.2, 0.25) is 17.7 Å². The number of anilines is 2. The van der Waals surface area contributed by atoms with Crippen LogP contribution >= 0.6 is 11.6 Å². The van der Waals surface area contributed by atoms with Crippen LogP contribution in [0.15, 0.2) is 48.5 Å². The maximum Gasteiger partial charge on any atom is 0.240 e. The molecule has 0 aliphatic heterocycles. The van der Waals surface area contributed by atoms with Crippen molar-refractivity contribution in [2.24, 2.45) is 0 Å². The lowest BCUT2D eigenvalue weighted by molar-refractivity contribution is -0.123. The molecule has 0 heterocycles. The van der Waals surface area contributed by atoms with Crippen LogP contribution in [0.25, 0.3) is 0 Å². The molecule has 33 heavy (non-hydrogen) atoms. The van der Waals surface area contributed by atoms with E-state index < -0.39 is 22.6 Å². The predicted octanol–water partition coefficient (Wildman–Crippen LogP) is 3.43. The number of aryl methyl sites for hydroxylation is 1. The largest absolute Gasteiger partial charge is 0.352 e. The molecule has 0 saturated heterocycles. The van der Waals surface area contributed by atoms with Gasteiger partial charge in [0.25, 0.3) is 0 Å². The molecular weight excluding hydrogens is 462 g/mol. The summed E-state index contributed by atoms with van der Waals surface area (Å²) >= 11 is 5.96. The minimum Gasteiger partial charge on any atom is -0.352 e. The Hall–Kier alpha value is -2.71. The molecular formula is C24H28ClN3O4S. The van der Waals surface area contributed by atoms with Crippen molar-refractivity contribution in [1.82, 2.24) is 5.32 Å². The number of rotatable bonds is 9. The summed E-state index contributed by atoms with van der Waals surface area (Å²) < 4.78 is 12.5. The number of carbonyl (C=O) groups excluding carboxylic acids is 3. The summed E-state index contributed by atoms with van der Waals surface area (Å²) in [6.07, 6.45) is 4.02. The van der Waals surface area contributed by atoms with Gasteiger partial charge in [-0.15, -0.1) is 0 Å². The van der Waals surface area contributed by atoms with E-state index in [0.29, 0.717) is 16.4 Å². The summed E-state index contributed by atoms with van der Waals surface area (Å²) in [6.45, 7) is 1.75. The fourth-order valence-corrected chi connectivity index (χ4v) is 4.70. The molecule has 0 spiro atoms. The van der Waals surface area contributed by atoms with E-state index in [9.17, 15) is 18.6 Å². The quantitative estimate of drug-likeness (QED) is 0.564. The topological polar surface area (TPSA) is 95.6 Å². The smallest absolute Gasteiger partial charge is 0.240 e. The van der Waals surface area contributed by atoms with Crippen molar-refractivity contribution in [2.75, 3.05) is 28.3 Å². The van der Waals surface area contributed by atoms with E-state index in [2.05, 4.69) is 10.6 Å². The lowest BCUT2D eigenvalue weighted by Crippen LogP contribution is -2.45. The number of hydrogen-bond donors (Lipinski definition) is 2. The molecule has 1 saturated carbocycles. The maximum absolute atomic E-state index is 13.0. The molecule has 3 rings (SSSR count). The van der Waals surface area contributed by atoms with Crippen molar-refractivity contribution >= 4 is 51.5 Å². The number of carbonyl (C=O) groups is 3. The lowest BCUT2D eigenvalue weighted by Gasteiger charge is -2.23. The number of halogens is 1. The molecule has 1 fully saturated rings. The zero-order valence-corrected chi connectivity index (χ0v) is 20.1. The molecule has 1 atom stereocenters. The van der Waals surface area contributed by atoms with E-state index >= 15 is 0 Å². The summed E-state index contributed by atoms with van der Waals surface area (Å²) in [5, 5.41) is 6.14. The molecule has 2 N–H and O–H groups in total. The van der Waals surface area contributed by atoms with Gasteiger partial charge in [-0.25, -0.2) is 0 Å². The van der Waals surface area contributed by atoms with E-state index in [1.807, 2.05) is 19.1 Å². The van der Waals surface area contributed by atoms with Gasteiger partial charge in [0.15, 0.2) is 0 Å². The molecule has 2 aromatic rings. The highest BCUT2D eigenvalue weighted by Gasteiger charge is 2.24. The van der Waals surface area contributed by atoms with Gasteiger partial charge in [-0.05, 0) is 56.2 Å². The number of amides is 3. The monoisotopic (exact) mass is 489 g/mol. The highest BCUT2D eigenvalue weighted by atomic mass is 35.5. The van der Waals surface area contributed by atoms with Crippen LogP contribution in [0, 0.1) is 6.92 Å². The van der Waals surface area contributed by atoms with Gasteiger partial charge in [0.05, 0.1) is 0 Å². The second-order valence-electron chi connectivity index (χ2n) is 8.15. The van der Waals surface area contributed by atoms with Gasteiger partial charge in [0, 0.05) is 33.2 Å². The third kappa shape index (κ3) is 7.98. The second kappa shape index (κ2) is 12.0. The third-order valence-electron chi connectivity index (χ3n) is 5.37. The Bertz CT molecular complexity index is 1010. The molecule has 3 amide bonds. The molecule has 0 radical (unpaired) electrons. The maximum atomic E-state index is 13.0. The third-order valence-corrected chi connectivity index (χ3v) is 6.78.